The molecular formula is C14H22NO+. The van der Waals surface area contributed by atoms with E-state index < -0.39 is 0 Å². The minimum Gasteiger partial charge on any atom is -0.494 e. The summed E-state index contributed by atoms with van der Waals surface area (Å²) in [6.45, 7) is 4.97. The Balaban J connectivity index is 1.52. The van der Waals surface area contributed by atoms with Crippen molar-refractivity contribution in [2.24, 2.45) is 0 Å². The van der Waals surface area contributed by atoms with Crippen molar-refractivity contribution in [2.45, 2.75) is 25.7 Å². The van der Waals surface area contributed by atoms with Crippen molar-refractivity contribution >= 4 is 0 Å². The molecule has 0 unspecified atom stereocenters. The van der Waals surface area contributed by atoms with Crippen LogP contribution in [-0.2, 0) is 0 Å². The van der Waals surface area contributed by atoms with Crippen molar-refractivity contribution in [2.75, 3.05) is 26.2 Å². The summed E-state index contributed by atoms with van der Waals surface area (Å²) in [4.78, 5) is 1.79. The van der Waals surface area contributed by atoms with Crippen LogP contribution in [0, 0.1) is 0 Å². The summed E-state index contributed by atoms with van der Waals surface area (Å²) in [6.07, 6.45) is 5.33. The molecule has 2 nitrogen and oxygen atoms in total. The zero-order chi connectivity index (χ0) is 11.1. The molecule has 1 fully saturated rings. The number of likely N-dealkylation sites (tertiary alicyclic amines) is 1. The van der Waals surface area contributed by atoms with E-state index in [1.165, 1.54) is 45.3 Å². The van der Waals surface area contributed by atoms with Gasteiger partial charge in [-0.25, -0.2) is 0 Å². The van der Waals surface area contributed by atoms with E-state index in [9.17, 15) is 0 Å². The first-order valence-electron chi connectivity index (χ1n) is 6.46. The summed E-state index contributed by atoms with van der Waals surface area (Å²) in [7, 11) is 0. The molecule has 1 heterocycles. The first-order chi connectivity index (χ1) is 7.95. The number of hydrogen-bond acceptors (Lipinski definition) is 1. The molecule has 1 N–H and O–H groups in total. The van der Waals surface area contributed by atoms with E-state index in [1.54, 1.807) is 4.90 Å². The third-order valence-corrected chi connectivity index (χ3v) is 3.25. The Kier molecular flexibility index (Phi) is 4.69. The molecule has 1 saturated heterocycles. The lowest BCUT2D eigenvalue weighted by atomic mass is 10.3. The van der Waals surface area contributed by atoms with Crippen molar-refractivity contribution < 1.29 is 9.64 Å². The predicted octanol–water partition coefficient (Wildman–Crippen LogP) is 1.52. The number of rotatable bonds is 6. The molecule has 0 saturated carbocycles. The molecule has 0 amide bonds. The van der Waals surface area contributed by atoms with Crippen molar-refractivity contribution in [3.05, 3.63) is 30.3 Å². The maximum atomic E-state index is 5.66. The Bertz CT molecular complexity index is 280. The van der Waals surface area contributed by atoms with Gasteiger partial charge in [-0.2, -0.15) is 0 Å². The summed E-state index contributed by atoms with van der Waals surface area (Å²) in [5.74, 6) is 0.996. The monoisotopic (exact) mass is 220 g/mol. The second kappa shape index (κ2) is 6.54. The average Bonchev–Trinajstić information content (AvgIpc) is 2.83. The van der Waals surface area contributed by atoms with Crippen molar-refractivity contribution in [3.8, 4) is 5.75 Å². The van der Waals surface area contributed by atoms with Crippen LogP contribution in [0.1, 0.15) is 25.7 Å². The van der Waals surface area contributed by atoms with Gasteiger partial charge in [0.05, 0.1) is 26.2 Å². The van der Waals surface area contributed by atoms with Crippen LogP contribution < -0.4 is 9.64 Å². The Hall–Kier alpha value is -1.02. The fourth-order valence-corrected chi connectivity index (χ4v) is 2.31. The van der Waals surface area contributed by atoms with Gasteiger partial charge in [-0.05, 0) is 25.0 Å². The lowest BCUT2D eigenvalue weighted by molar-refractivity contribution is -0.887. The van der Waals surface area contributed by atoms with E-state index in [0.29, 0.717) is 0 Å². The molecule has 88 valence electrons. The fourth-order valence-electron chi connectivity index (χ4n) is 2.31. The van der Waals surface area contributed by atoms with E-state index in [-0.39, 0.29) is 0 Å². The Morgan fingerprint density at radius 3 is 2.50 bits per heavy atom. The molecule has 0 atom stereocenters. The summed E-state index contributed by atoms with van der Waals surface area (Å²) >= 11 is 0. The molecule has 0 spiro atoms. The smallest absolute Gasteiger partial charge is 0.119 e. The summed E-state index contributed by atoms with van der Waals surface area (Å²) in [5.41, 5.74) is 0. The number of para-hydroxylation sites is 1. The largest absolute Gasteiger partial charge is 0.494 e. The van der Waals surface area contributed by atoms with Gasteiger partial charge in [-0.3, -0.25) is 0 Å². The Morgan fingerprint density at radius 1 is 1.00 bits per heavy atom. The molecular weight excluding hydrogens is 198 g/mol. The van der Waals surface area contributed by atoms with Gasteiger partial charge in [0.2, 0.25) is 0 Å². The number of hydrogen-bond donors (Lipinski definition) is 1. The molecule has 1 aromatic carbocycles. The van der Waals surface area contributed by atoms with Crippen LogP contribution in [0.25, 0.3) is 0 Å². The third-order valence-electron chi connectivity index (χ3n) is 3.25. The van der Waals surface area contributed by atoms with Crippen LogP contribution in [0.5, 0.6) is 5.75 Å². The number of quaternary nitrogens is 1. The highest BCUT2D eigenvalue weighted by Gasteiger charge is 2.13. The van der Waals surface area contributed by atoms with E-state index in [0.717, 1.165) is 12.4 Å². The second-order valence-corrected chi connectivity index (χ2v) is 4.58. The first-order valence-corrected chi connectivity index (χ1v) is 6.46. The van der Waals surface area contributed by atoms with Gasteiger partial charge in [-0.15, -0.1) is 0 Å². The molecule has 1 aromatic rings. The van der Waals surface area contributed by atoms with Crippen LogP contribution in [0.4, 0.5) is 0 Å². The summed E-state index contributed by atoms with van der Waals surface area (Å²) in [5, 5.41) is 0. The third kappa shape index (κ3) is 3.86. The molecule has 1 aliphatic rings. The molecule has 0 aromatic heterocycles. The van der Waals surface area contributed by atoms with Gasteiger partial charge >= 0.3 is 0 Å². The van der Waals surface area contributed by atoms with Crippen LogP contribution in [-0.4, -0.2) is 26.2 Å². The number of unbranched alkanes of at least 4 members (excludes halogenated alkanes) is 1. The molecule has 0 bridgehead atoms. The first kappa shape index (κ1) is 11.5. The zero-order valence-electron chi connectivity index (χ0n) is 9.95. The summed E-state index contributed by atoms with van der Waals surface area (Å²) in [6, 6.07) is 10.1. The Labute approximate surface area is 98.2 Å². The molecule has 16 heavy (non-hydrogen) atoms. The SMILES string of the molecule is c1ccc(OCCCC[NH+]2CCCC2)cc1. The molecule has 0 aliphatic carbocycles. The molecule has 1 aliphatic heterocycles. The van der Waals surface area contributed by atoms with Gasteiger partial charge in [0.25, 0.3) is 0 Å². The highest BCUT2D eigenvalue weighted by atomic mass is 16.5. The highest BCUT2D eigenvalue weighted by Crippen LogP contribution is 2.08. The van der Waals surface area contributed by atoms with E-state index in [1.807, 2.05) is 30.3 Å². The van der Waals surface area contributed by atoms with Crippen molar-refractivity contribution in [3.63, 3.8) is 0 Å². The van der Waals surface area contributed by atoms with Gasteiger partial charge in [0.1, 0.15) is 5.75 Å². The van der Waals surface area contributed by atoms with Gasteiger partial charge in [0, 0.05) is 12.8 Å². The normalized spacial score (nSPS) is 16.5. The van der Waals surface area contributed by atoms with Crippen LogP contribution in [0.3, 0.4) is 0 Å². The van der Waals surface area contributed by atoms with Crippen molar-refractivity contribution in [1.29, 1.82) is 0 Å². The van der Waals surface area contributed by atoms with Gasteiger partial charge < -0.3 is 9.64 Å². The zero-order valence-corrected chi connectivity index (χ0v) is 9.95. The highest BCUT2D eigenvalue weighted by molar-refractivity contribution is 5.20. The summed E-state index contributed by atoms with van der Waals surface area (Å²) < 4.78 is 5.66. The van der Waals surface area contributed by atoms with E-state index >= 15 is 0 Å². The quantitative estimate of drug-likeness (QED) is 0.718. The second-order valence-electron chi connectivity index (χ2n) is 4.58. The lowest BCUT2D eigenvalue weighted by Crippen LogP contribution is -3.09. The lowest BCUT2D eigenvalue weighted by Gasteiger charge is -2.11. The van der Waals surface area contributed by atoms with Gasteiger partial charge in [-0.1, -0.05) is 18.2 Å². The molecule has 2 rings (SSSR count). The number of nitrogens with one attached hydrogen (secondary N) is 1. The minimum absolute atomic E-state index is 0.858. The maximum Gasteiger partial charge on any atom is 0.119 e. The number of benzene rings is 1. The number of ether oxygens (including phenoxy) is 1. The van der Waals surface area contributed by atoms with Gasteiger partial charge in [0.15, 0.2) is 0 Å². The minimum atomic E-state index is 0.858. The van der Waals surface area contributed by atoms with Crippen LogP contribution >= 0.6 is 0 Å². The van der Waals surface area contributed by atoms with Crippen LogP contribution in [0.15, 0.2) is 30.3 Å². The maximum absolute atomic E-state index is 5.66. The standard InChI is InChI=1S/C14H21NO/c1-2-8-14(9-3-1)16-13-7-6-12-15-10-4-5-11-15/h1-3,8-9H,4-7,10-13H2/p+1. The van der Waals surface area contributed by atoms with Crippen LogP contribution in [0.2, 0.25) is 0 Å². The Morgan fingerprint density at radius 2 is 1.75 bits per heavy atom. The molecule has 0 radical (unpaired) electrons. The predicted molar refractivity (Wildman–Crippen MR) is 66.0 cm³/mol. The topological polar surface area (TPSA) is 13.7 Å². The van der Waals surface area contributed by atoms with Crippen molar-refractivity contribution in [1.82, 2.24) is 0 Å². The van der Waals surface area contributed by atoms with E-state index in [2.05, 4.69) is 0 Å². The van der Waals surface area contributed by atoms with E-state index in [4.69, 9.17) is 4.74 Å². The average molecular weight is 220 g/mol. The molecule has 2 heteroatoms. The fraction of sp³-hybridized carbons (Fsp3) is 0.571.